The molecule has 74 valence electrons. The summed E-state index contributed by atoms with van der Waals surface area (Å²) in [6.07, 6.45) is 3.45. The standard InChI is InChI=1S/C11H10N4/c1-8-10(6-12)15(2)11(14-8)9-4-3-5-13-7-9/h3-5,7H,1-2H3. The molecular weight excluding hydrogens is 188 g/mol. The minimum Gasteiger partial charge on any atom is -0.319 e. The first-order chi connectivity index (χ1) is 7.24. The molecular formula is C11H10N4. The van der Waals surface area contributed by atoms with Crippen LogP contribution in [0.15, 0.2) is 24.5 Å². The van der Waals surface area contributed by atoms with Crippen LogP contribution in [0.4, 0.5) is 0 Å². The third kappa shape index (κ3) is 1.48. The lowest BCUT2D eigenvalue weighted by molar-refractivity contribution is 0.905. The van der Waals surface area contributed by atoms with Crippen LogP contribution < -0.4 is 0 Å². The van der Waals surface area contributed by atoms with E-state index in [1.807, 2.05) is 26.1 Å². The molecule has 0 aliphatic rings. The van der Waals surface area contributed by atoms with Crippen LogP contribution in [-0.2, 0) is 7.05 Å². The lowest BCUT2D eigenvalue weighted by Crippen LogP contribution is -1.95. The Morgan fingerprint density at radius 1 is 1.47 bits per heavy atom. The van der Waals surface area contributed by atoms with Crippen molar-refractivity contribution in [3.8, 4) is 17.5 Å². The van der Waals surface area contributed by atoms with Crippen LogP contribution in [0.1, 0.15) is 11.4 Å². The molecule has 0 saturated heterocycles. The number of imidazole rings is 1. The number of pyridine rings is 1. The van der Waals surface area contributed by atoms with E-state index in [0.717, 1.165) is 17.1 Å². The fraction of sp³-hybridized carbons (Fsp3) is 0.182. The van der Waals surface area contributed by atoms with E-state index in [0.29, 0.717) is 5.69 Å². The molecule has 15 heavy (non-hydrogen) atoms. The first-order valence-electron chi connectivity index (χ1n) is 4.58. The van der Waals surface area contributed by atoms with E-state index in [1.165, 1.54) is 0 Å². The molecule has 2 rings (SSSR count). The molecule has 0 bridgehead atoms. The maximum Gasteiger partial charge on any atom is 0.143 e. The molecule has 0 spiro atoms. The summed E-state index contributed by atoms with van der Waals surface area (Å²) >= 11 is 0. The predicted molar refractivity (Wildman–Crippen MR) is 55.9 cm³/mol. The molecule has 0 N–H and O–H groups in total. The van der Waals surface area contributed by atoms with Gasteiger partial charge in [0.2, 0.25) is 0 Å². The summed E-state index contributed by atoms with van der Waals surface area (Å²) in [5.41, 5.74) is 2.26. The molecule has 4 nitrogen and oxygen atoms in total. The van der Waals surface area contributed by atoms with Crippen LogP contribution in [-0.4, -0.2) is 14.5 Å². The normalized spacial score (nSPS) is 9.93. The molecule has 2 heterocycles. The van der Waals surface area contributed by atoms with Gasteiger partial charge >= 0.3 is 0 Å². The van der Waals surface area contributed by atoms with Gasteiger partial charge in [-0.2, -0.15) is 5.26 Å². The van der Waals surface area contributed by atoms with E-state index in [-0.39, 0.29) is 0 Å². The molecule has 0 aromatic carbocycles. The van der Waals surface area contributed by atoms with Crippen LogP contribution in [0.25, 0.3) is 11.4 Å². The zero-order valence-corrected chi connectivity index (χ0v) is 8.60. The summed E-state index contributed by atoms with van der Waals surface area (Å²) < 4.78 is 1.78. The molecule has 0 fully saturated rings. The Labute approximate surface area is 87.8 Å². The van der Waals surface area contributed by atoms with E-state index >= 15 is 0 Å². The van der Waals surface area contributed by atoms with Crippen molar-refractivity contribution in [3.05, 3.63) is 35.9 Å². The van der Waals surface area contributed by atoms with Gasteiger partial charge in [0.25, 0.3) is 0 Å². The second-order valence-corrected chi connectivity index (χ2v) is 3.28. The van der Waals surface area contributed by atoms with Gasteiger partial charge in [-0.25, -0.2) is 4.98 Å². The molecule has 4 heteroatoms. The third-order valence-electron chi connectivity index (χ3n) is 2.30. The van der Waals surface area contributed by atoms with Crippen LogP contribution in [0, 0.1) is 18.3 Å². The molecule has 0 saturated carbocycles. The first-order valence-corrected chi connectivity index (χ1v) is 4.58. The summed E-state index contributed by atoms with van der Waals surface area (Å²) in [5.74, 6) is 0.775. The molecule has 2 aromatic heterocycles. The quantitative estimate of drug-likeness (QED) is 0.700. The largest absolute Gasteiger partial charge is 0.319 e. The highest BCUT2D eigenvalue weighted by molar-refractivity contribution is 5.56. The zero-order valence-electron chi connectivity index (χ0n) is 8.60. The van der Waals surface area contributed by atoms with Crippen molar-refractivity contribution < 1.29 is 0 Å². The second kappa shape index (κ2) is 3.54. The van der Waals surface area contributed by atoms with Gasteiger partial charge in [-0.05, 0) is 19.1 Å². The second-order valence-electron chi connectivity index (χ2n) is 3.28. The fourth-order valence-corrected chi connectivity index (χ4v) is 1.54. The number of hydrogen-bond donors (Lipinski definition) is 0. The molecule has 0 amide bonds. The predicted octanol–water partition coefficient (Wildman–Crippen LogP) is 1.66. The van der Waals surface area contributed by atoms with Gasteiger partial charge in [0.05, 0.1) is 5.69 Å². The highest BCUT2D eigenvalue weighted by Crippen LogP contribution is 2.19. The Balaban J connectivity index is 2.62. The average molecular weight is 198 g/mol. The lowest BCUT2D eigenvalue weighted by atomic mass is 10.3. The topological polar surface area (TPSA) is 54.5 Å². The van der Waals surface area contributed by atoms with Gasteiger partial charge in [-0.3, -0.25) is 4.98 Å². The van der Waals surface area contributed by atoms with Gasteiger partial charge in [0.15, 0.2) is 0 Å². The van der Waals surface area contributed by atoms with Crippen molar-refractivity contribution >= 4 is 0 Å². The lowest BCUT2D eigenvalue weighted by Gasteiger charge is -2.00. The van der Waals surface area contributed by atoms with Gasteiger partial charge in [-0.15, -0.1) is 0 Å². The maximum absolute atomic E-state index is 8.93. The van der Waals surface area contributed by atoms with E-state index in [2.05, 4.69) is 16.0 Å². The Hall–Kier alpha value is -2.15. The van der Waals surface area contributed by atoms with Crippen molar-refractivity contribution in [1.29, 1.82) is 5.26 Å². The van der Waals surface area contributed by atoms with E-state index in [1.54, 1.807) is 17.0 Å². The van der Waals surface area contributed by atoms with Crippen LogP contribution in [0.3, 0.4) is 0 Å². The molecule has 0 atom stereocenters. The fourth-order valence-electron chi connectivity index (χ4n) is 1.54. The van der Waals surface area contributed by atoms with Crippen molar-refractivity contribution in [2.75, 3.05) is 0 Å². The maximum atomic E-state index is 8.93. The van der Waals surface area contributed by atoms with Crippen LogP contribution >= 0.6 is 0 Å². The molecule has 0 unspecified atom stereocenters. The third-order valence-corrected chi connectivity index (χ3v) is 2.30. The number of rotatable bonds is 1. The molecule has 2 aromatic rings. The van der Waals surface area contributed by atoms with E-state index in [4.69, 9.17) is 5.26 Å². The Bertz CT molecular complexity index is 520. The molecule has 0 aliphatic heterocycles. The van der Waals surface area contributed by atoms with Crippen molar-refractivity contribution in [1.82, 2.24) is 14.5 Å². The Morgan fingerprint density at radius 2 is 2.27 bits per heavy atom. The number of nitriles is 1. The SMILES string of the molecule is Cc1nc(-c2cccnc2)n(C)c1C#N. The Kier molecular flexibility index (Phi) is 2.22. The Morgan fingerprint density at radius 3 is 2.80 bits per heavy atom. The van der Waals surface area contributed by atoms with Crippen molar-refractivity contribution in [2.24, 2.45) is 7.05 Å². The molecule has 0 radical (unpaired) electrons. The highest BCUT2D eigenvalue weighted by Gasteiger charge is 2.11. The minimum absolute atomic E-state index is 0.592. The van der Waals surface area contributed by atoms with Crippen molar-refractivity contribution in [2.45, 2.75) is 6.92 Å². The average Bonchev–Trinajstić information content (AvgIpc) is 2.55. The smallest absolute Gasteiger partial charge is 0.143 e. The minimum atomic E-state index is 0.592. The van der Waals surface area contributed by atoms with Gasteiger partial charge in [0.1, 0.15) is 17.6 Å². The summed E-state index contributed by atoms with van der Waals surface area (Å²) in [7, 11) is 1.83. The number of aromatic nitrogens is 3. The zero-order chi connectivity index (χ0) is 10.8. The summed E-state index contributed by atoms with van der Waals surface area (Å²) in [6.45, 7) is 1.83. The van der Waals surface area contributed by atoms with Crippen LogP contribution in [0.5, 0.6) is 0 Å². The number of nitrogens with zero attached hydrogens (tertiary/aromatic N) is 4. The van der Waals surface area contributed by atoms with Crippen LogP contribution in [0.2, 0.25) is 0 Å². The number of aryl methyl sites for hydroxylation is 1. The summed E-state index contributed by atoms with van der Waals surface area (Å²) in [4.78, 5) is 8.38. The van der Waals surface area contributed by atoms with Gasteiger partial charge in [0, 0.05) is 25.0 Å². The number of hydrogen-bond acceptors (Lipinski definition) is 3. The first kappa shape index (κ1) is 9.41. The van der Waals surface area contributed by atoms with Crippen molar-refractivity contribution in [3.63, 3.8) is 0 Å². The van der Waals surface area contributed by atoms with E-state index in [9.17, 15) is 0 Å². The van der Waals surface area contributed by atoms with Gasteiger partial charge < -0.3 is 4.57 Å². The van der Waals surface area contributed by atoms with Gasteiger partial charge in [-0.1, -0.05) is 0 Å². The monoisotopic (exact) mass is 198 g/mol. The highest BCUT2D eigenvalue weighted by atomic mass is 15.1. The van der Waals surface area contributed by atoms with E-state index < -0.39 is 0 Å². The summed E-state index contributed by atoms with van der Waals surface area (Å²) in [6, 6.07) is 5.91. The summed E-state index contributed by atoms with van der Waals surface area (Å²) in [5, 5.41) is 8.93. The molecule has 0 aliphatic carbocycles.